The second-order valence-electron chi connectivity index (χ2n) is 18.7. The van der Waals surface area contributed by atoms with Crippen molar-refractivity contribution in [2.45, 2.75) is 115 Å². The minimum Gasteiger partial charge on any atom is -0.458 e. The molecule has 11 atom stereocenters. The molecule has 1 heterocycles. The van der Waals surface area contributed by atoms with Crippen LogP contribution in [0, 0.1) is 28.6 Å². The molecule has 1 amide bonds. The number of esters is 4. The summed E-state index contributed by atoms with van der Waals surface area (Å²) in [4.78, 5) is 82.6. The molecule has 1 saturated heterocycles. The van der Waals surface area contributed by atoms with E-state index in [1.54, 1.807) is 113 Å². The molecule has 8 rings (SSSR count). The molecule has 1 aliphatic heterocycles. The van der Waals surface area contributed by atoms with Gasteiger partial charge in [0.25, 0.3) is 5.91 Å². The third kappa shape index (κ3) is 7.77. The largest absolute Gasteiger partial charge is 0.458 e. The highest BCUT2D eigenvalue weighted by molar-refractivity contribution is 5.97. The zero-order chi connectivity index (χ0) is 45.1. The molecule has 2 N–H and O–H groups in total. The molecular formula is C50H55NO12. The number of Topliss-reactive ketones (excluding diaryl/α,β-unsaturated/α-hetero) is 1. The van der Waals surface area contributed by atoms with E-state index in [4.69, 9.17) is 23.7 Å². The van der Waals surface area contributed by atoms with E-state index in [0.717, 1.165) is 0 Å². The van der Waals surface area contributed by atoms with Crippen molar-refractivity contribution in [3.05, 3.63) is 119 Å². The van der Waals surface area contributed by atoms with Gasteiger partial charge in [-0.15, -0.1) is 0 Å². The number of nitrogens with one attached hydrogen (secondary N) is 1. The number of rotatable bonds is 12. The number of fused-ring (bicyclic) bond motifs is 4. The van der Waals surface area contributed by atoms with E-state index in [1.807, 2.05) is 6.07 Å². The van der Waals surface area contributed by atoms with Gasteiger partial charge in [-0.25, -0.2) is 4.79 Å². The number of carbonyl (C=O) groups is 6. The third-order valence-electron chi connectivity index (χ3n) is 14.7. The van der Waals surface area contributed by atoms with Crippen molar-refractivity contribution >= 4 is 35.6 Å². The first kappa shape index (κ1) is 44.0. The number of hydrogen-bond donors (Lipinski definition) is 2. The number of hydrogen-bond acceptors (Lipinski definition) is 12. The Hall–Kier alpha value is -5.66. The predicted octanol–water partition coefficient (Wildman–Crippen LogP) is 6.43. The highest BCUT2D eigenvalue weighted by Crippen LogP contribution is 2.76. The van der Waals surface area contributed by atoms with Crippen molar-refractivity contribution < 1.29 is 57.6 Å². The van der Waals surface area contributed by atoms with Gasteiger partial charge in [-0.2, -0.15) is 0 Å². The minimum absolute atomic E-state index is 0.105. The van der Waals surface area contributed by atoms with Crippen LogP contribution in [-0.2, 0) is 42.9 Å². The SMILES string of the molecule is CC(=O)O[C@H]1C(=O)[C@]2(C[C@H](OC(=O)c3ccccc3)[C@]3(O)C[C@H](OC(=O)C[C@@H](NC(=O)c4ccccc4)c4ccccc4)C(C)=C1C3(C)C)C1CC1[C@H]2C[C@H]1OC[C@]1(C)OC(C)=O. The molecule has 4 aliphatic carbocycles. The zero-order valence-electron chi connectivity index (χ0n) is 36.5. The molecule has 0 aromatic heterocycles. The Morgan fingerprint density at radius 1 is 0.825 bits per heavy atom. The maximum Gasteiger partial charge on any atom is 0.338 e. The summed E-state index contributed by atoms with van der Waals surface area (Å²) in [6.07, 6.45) is -4.10. The van der Waals surface area contributed by atoms with Gasteiger partial charge in [0.1, 0.15) is 17.8 Å². The summed E-state index contributed by atoms with van der Waals surface area (Å²) < 4.78 is 30.4. The smallest absolute Gasteiger partial charge is 0.338 e. The fourth-order valence-electron chi connectivity index (χ4n) is 11.3. The highest BCUT2D eigenvalue weighted by Gasteiger charge is 2.78. The normalized spacial score (nSPS) is 32.9. The van der Waals surface area contributed by atoms with E-state index in [9.17, 15) is 29.1 Å². The summed E-state index contributed by atoms with van der Waals surface area (Å²) in [6, 6.07) is 25.2. The van der Waals surface area contributed by atoms with Gasteiger partial charge in [-0.3, -0.25) is 24.0 Å². The first-order chi connectivity index (χ1) is 29.9. The molecule has 13 nitrogen and oxygen atoms in total. The van der Waals surface area contributed by atoms with Gasteiger partial charge in [0.05, 0.1) is 30.7 Å². The van der Waals surface area contributed by atoms with Gasteiger partial charge in [0.2, 0.25) is 0 Å². The first-order valence-electron chi connectivity index (χ1n) is 21.7. The van der Waals surface area contributed by atoms with E-state index in [-0.39, 0.29) is 60.5 Å². The molecule has 5 aliphatic rings. The van der Waals surface area contributed by atoms with E-state index >= 15 is 4.79 Å². The number of ether oxygens (including phenoxy) is 5. The number of ketones is 1. The molecule has 2 bridgehead atoms. The lowest BCUT2D eigenvalue weighted by Crippen LogP contribution is -2.69. The molecule has 2 unspecified atom stereocenters. The van der Waals surface area contributed by atoms with Crippen LogP contribution in [0.5, 0.6) is 0 Å². The number of benzene rings is 3. The molecule has 13 heteroatoms. The highest BCUT2D eigenvalue weighted by atomic mass is 16.6. The number of aliphatic hydroxyl groups is 1. The standard InChI is InChI=1S/C50H55NO12/c1-28-38(61-41(54)24-37(31-16-10-7-11-17-31)51-45(56)32-18-12-8-13-19-32)25-50(58)40(62-46(57)33-20-14-9-15-21-33)26-49(44(55)43(60-29(2)52)42(28)47(50,4)5)35-22-34(35)36(49)23-39-48(6,27-59-39)63-30(3)53/h7-21,34-40,43,58H,22-27H2,1-6H3,(H,51,56)/t34?,35?,36-,37-,38+,39-,40+,43-,48+,49-,50-/m1/s1. The molecule has 0 radical (unpaired) electrons. The summed E-state index contributed by atoms with van der Waals surface area (Å²) in [5.74, 6) is -3.78. The van der Waals surface area contributed by atoms with Crippen molar-refractivity contribution in [3.63, 3.8) is 0 Å². The van der Waals surface area contributed by atoms with Crippen LogP contribution in [0.25, 0.3) is 0 Å². The summed E-state index contributed by atoms with van der Waals surface area (Å²) in [6.45, 7) is 9.70. The Morgan fingerprint density at radius 2 is 1.44 bits per heavy atom. The minimum atomic E-state index is -1.99. The average Bonchev–Trinajstić information content (AvgIpc) is 3.99. The van der Waals surface area contributed by atoms with Crippen LogP contribution >= 0.6 is 0 Å². The Morgan fingerprint density at radius 3 is 2.03 bits per heavy atom. The lowest BCUT2D eigenvalue weighted by Gasteiger charge is -2.61. The summed E-state index contributed by atoms with van der Waals surface area (Å²) >= 11 is 0. The van der Waals surface area contributed by atoms with Crippen LogP contribution in [0.3, 0.4) is 0 Å². The zero-order valence-corrected chi connectivity index (χ0v) is 36.5. The fourth-order valence-corrected chi connectivity index (χ4v) is 11.3. The van der Waals surface area contributed by atoms with Gasteiger partial charge >= 0.3 is 23.9 Å². The van der Waals surface area contributed by atoms with Crippen molar-refractivity contribution in [1.82, 2.24) is 5.32 Å². The third-order valence-corrected chi connectivity index (χ3v) is 14.7. The van der Waals surface area contributed by atoms with Crippen LogP contribution in [0.4, 0.5) is 0 Å². The van der Waals surface area contributed by atoms with Crippen LogP contribution in [0.1, 0.15) is 106 Å². The predicted molar refractivity (Wildman–Crippen MR) is 227 cm³/mol. The Balaban J connectivity index is 1.18. The molecule has 3 aromatic carbocycles. The van der Waals surface area contributed by atoms with Gasteiger partial charge in [0, 0.05) is 43.1 Å². The van der Waals surface area contributed by atoms with Crippen molar-refractivity contribution in [2.24, 2.45) is 28.6 Å². The quantitative estimate of drug-likeness (QED) is 0.116. The van der Waals surface area contributed by atoms with E-state index in [0.29, 0.717) is 29.5 Å². The van der Waals surface area contributed by atoms with Gasteiger partial charge in [-0.05, 0) is 85.4 Å². The Kier molecular flexibility index (Phi) is 11.5. The van der Waals surface area contributed by atoms with Crippen molar-refractivity contribution in [3.8, 4) is 0 Å². The van der Waals surface area contributed by atoms with Gasteiger partial charge < -0.3 is 34.1 Å². The fraction of sp³-hybridized carbons (Fsp3) is 0.480. The molecule has 63 heavy (non-hydrogen) atoms. The van der Waals surface area contributed by atoms with Crippen LogP contribution in [0.15, 0.2) is 102 Å². The number of carbonyl (C=O) groups excluding carboxylic acids is 6. The Bertz CT molecular complexity index is 2330. The van der Waals surface area contributed by atoms with E-state index in [1.165, 1.54) is 13.8 Å². The second-order valence-corrected chi connectivity index (χ2v) is 18.7. The summed E-state index contributed by atoms with van der Waals surface area (Å²) in [5, 5.41) is 16.5. The molecule has 1 spiro atoms. The first-order valence-corrected chi connectivity index (χ1v) is 21.7. The molecular weight excluding hydrogens is 807 g/mol. The number of amides is 1. The lowest BCUT2D eigenvalue weighted by atomic mass is 9.46. The molecule has 3 aromatic rings. The summed E-state index contributed by atoms with van der Waals surface area (Å²) in [7, 11) is 0. The lowest BCUT2D eigenvalue weighted by molar-refractivity contribution is -0.257. The monoisotopic (exact) mass is 861 g/mol. The van der Waals surface area contributed by atoms with Crippen molar-refractivity contribution in [1.29, 1.82) is 0 Å². The topological polar surface area (TPSA) is 181 Å². The average molecular weight is 862 g/mol. The molecule has 4 fully saturated rings. The van der Waals surface area contributed by atoms with Crippen molar-refractivity contribution in [2.75, 3.05) is 6.61 Å². The van der Waals surface area contributed by atoms with Crippen LogP contribution in [0.2, 0.25) is 0 Å². The van der Waals surface area contributed by atoms with E-state index in [2.05, 4.69) is 5.32 Å². The van der Waals surface area contributed by atoms with E-state index < -0.39 is 82.3 Å². The van der Waals surface area contributed by atoms with Gasteiger partial charge in [0.15, 0.2) is 17.5 Å². The second kappa shape index (κ2) is 16.5. The molecule has 3 saturated carbocycles. The Labute approximate surface area is 366 Å². The summed E-state index contributed by atoms with van der Waals surface area (Å²) in [5.41, 5.74) is -3.54. The maximum absolute atomic E-state index is 15.7. The van der Waals surface area contributed by atoms with Crippen LogP contribution in [-0.4, -0.2) is 82.9 Å². The van der Waals surface area contributed by atoms with Crippen LogP contribution < -0.4 is 5.32 Å². The maximum atomic E-state index is 15.7. The molecule has 332 valence electrons. The van der Waals surface area contributed by atoms with Gasteiger partial charge in [-0.1, -0.05) is 80.6 Å².